The Morgan fingerprint density at radius 1 is 1.29 bits per heavy atom. The summed E-state index contributed by atoms with van der Waals surface area (Å²) in [6, 6.07) is 0. The molecular weight excluding hydrogens is 100 g/mol. The van der Waals surface area contributed by atoms with Crippen LogP contribution < -0.4 is 0 Å². The van der Waals surface area contributed by atoms with E-state index in [-0.39, 0.29) is 31.5 Å². The van der Waals surface area contributed by atoms with Crippen molar-refractivity contribution in [3.63, 3.8) is 0 Å². The van der Waals surface area contributed by atoms with Crippen molar-refractivity contribution in [2.24, 2.45) is 0 Å². The molecule has 0 spiro atoms. The fraction of sp³-hybridized carbons (Fsp3) is 1.00. The molecule has 0 aromatic rings. The van der Waals surface area contributed by atoms with Gasteiger partial charge >= 0.3 is 23.1 Å². The second-order valence-corrected chi connectivity index (χ2v) is 2.32. The fourth-order valence-electron chi connectivity index (χ4n) is 0. The average Bonchev–Trinajstić information content (AvgIpc) is 1.35. The molecule has 0 heterocycles. The van der Waals surface area contributed by atoms with Gasteiger partial charge in [0.05, 0.1) is 5.60 Å². The molecule has 42 valence electrons. The molecule has 0 aliphatic carbocycles. The standard InChI is InChI=1S/C5H12O.Mg.2H/c1-5(2,3)6-4;;;/h1-4H3;;;/q;+2;2*-1. The second-order valence-electron chi connectivity index (χ2n) is 2.32. The third-order valence-corrected chi connectivity index (χ3v) is 0.612. The molecule has 0 rings (SSSR count). The van der Waals surface area contributed by atoms with Gasteiger partial charge in [0.25, 0.3) is 0 Å². The zero-order valence-corrected chi connectivity index (χ0v) is 7.03. The van der Waals surface area contributed by atoms with Crippen molar-refractivity contribution in [2.75, 3.05) is 7.11 Å². The molecule has 7 heavy (non-hydrogen) atoms. The van der Waals surface area contributed by atoms with Gasteiger partial charge in [0.2, 0.25) is 0 Å². The first-order valence-corrected chi connectivity index (χ1v) is 2.11. The van der Waals surface area contributed by atoms with Crippen molar-refractivity contribution >= 4 is 23.1 Å². The van der Waals surface area contributed by atoms with Crippen molar-refractivity contribution < 1.29 is 7.59 Å². The molecule has 2 heteroatoms. The Kier molecular flexibility index (Phi) is 5.63. The number of ether oxygens (including phenoxy) is 1. The predicted octanol–water partition coefficient (Wildman–Crippen LogP) is 1.28. The molecule has 0 aromatic carbocycles. The Bertz CT molecular complexity index is 44.7. The van der Waals surface area contributed by atoms with E-state index in [0.717, 1.165) is 0 Å². The summed E-state index contributed by atoms with van der Waals surface area (Å²) in [5, 5.41) is 0. The minimum absolute atomic E-state index is 0. The first kappa shape index (κ1) is 10.7. The van der Waals surface area contributed by atoms with Crippen LogP contribution in [0.5, 0.6) is 0 Å². The maximum absolute atomic E-state index is 4.94. The predicted molar refractivity (Wildman–Crippen MR) is 34.7 cm³/mol. The summed E-state index contributed by atoms with van der Waals surface area (Å²) in [6.45, 7) is 6.06. The smallest absolute Gasteiger partial charge is 1.00 e. The summed E-state index contributed by atoms with van der Waals surface area (Å²) in [5.74, 6) is 0. The number of methoxy groups -OCH3 is 1. The van der Waals surface area contributed by atoms with Crippen LogP contribution in [0, 0.1) is 0 Å². The molecule has 1 nitrogen and oxygen atoms in total. The zero-order valence-electron chi connectivity index (χ0n) is 7.62. The van der Waals surface area contributed by atoms with E-state index in [1.807, 2.05) is 20.8 Å². The Labute approximate surface area is 64.6 Å². The number of rotatable bonds is 0. The van der Waals surface area contributed by atoms with Crippen molar-refractivity contribution in [3.05, 3.63) is 0 Å². The van der Waals surface area contributed by atoms with Crippen LogP contribution >= 0.6 is 0 Å². The Balaban J connectivity index is -0.0000000417. The van der Waals surface area contributed by atoms with Gasteiger partial charge in [-0.2, -0.15) is 0 Å². The van der Waals surface area contributed by atoms with Gasteiger partial charge in [-0.25, -0.2) is 0 Å². The minimum atomic E-state index is 0. The molecule has 0 saturated carbocycles. The Morgan fingerprint density at radius 3 is 1.43 bits per heavy atom. The SMILES string of the molecule is COC(C)(C)C.[H-].[H-].[Mg+2]. The van der Waals surface area contributed by atoms with E-state index in [1.165, 1.54) is 0 Å². The molecular formula is C5H14MgO. The second kappa shape index (κ2) is 3.69. The largest absolute Gasteiger partial charge is 2.00 e. The molecule has 0 bridgehead atoms. The molecule has 0 unspecified atom stereocenters. The molecule has 0 atom stereocenters. The van der Waals surface area contributed by atoms with Crippen LogP contribution in [-0.4, -0.2) is 35.8 Å². The molecule has 0 saturated heterocycles. The van der Waals surface area contributed by atoms with Gasteiger partial charge in [-0.3, -0.25) is 0 Å². The van der Waals surface area contributed by atoms with E-state index in [0.29, 0.717) is 0 Å². The third-order valence-electron chi connectivity index (χ3n) is 0.612. The fourth-order valence-corrected chi connectivity index (χ4v) is 0. The molecule has 0 radical (unpaired) electrons. The van der Waals surface area contributed by atoms with Crippen LogP contribution in [0.25, 0.3) is 0 Å². The van der Waals surface area contributed by atoms with Crippen LogP contribution in [0.15, 0.2) is 0 Å². The van der Waals surface area contributed by atoms with E-state index in [9.17, 15) is 0 Å². The van der Waals surface area contributed by atoms with Gasteiger partial charge in [-0.1, -0.05) is 0 Å². The van der Waals surface area contributed by atoms with Crippen molar-refractivity contribution in [1.29, 1.82) is 0 Å². The van der Waals surface area contributed by atoms with Crippen molar-refractivity contribution in [3.8, 4) is 0 Å². The van der Waals surface area contributed by atoms with E-state index in [1.54, 1.807) is 7.11 Å². The molecule has 0 amide bonds. The molecule has 0 aliphatic heterocycles. The molecule has 0 aliphatic rings. The van der Waals surface area contributed by atoms with E-state index in [2.05, 4.69) is 0 Å². The molecule has 0 fully saturated rings. The average molecular weight is 114 g/mol. The van der Waals surface area contributed by atoms with Crippen LogP contribution in [-0.2, 0) is 4.74 Å². The Hall–Kier alpha value is 0.726. The quantitative estimate of drug-likeness (QED) is 0.431. The van der Waals surface area contributed by atoms with Gasteiger partial charge in [-0.05, 0) is 20.8 Å². The van der Waals surface area contributed by atoms with Gasteiger partial charge in [0, 0.05) is 7.11 Å². The third kappa shape index (κ3) is 10.8. The van der Waals surface area contributed by atoms with Crippen LogP contribution in [0.1, 0.15) is 23.6 Å². The van der Waals surface area contributed by atoms with Gasteiger partial charge in [0.1, 0.15) is 0 Å². The minimum Gasteiger partial charge on any atom is -1.00 e. The Morgan fingerprint density at radius 2 is 1.43 bits per heavy atom. The topological polar surface area (TPSA) is 9.23 Å². The number of hydrogen-bond acceptors (Lipinski definition) is 1. The maximum atomic E-state index is 4.94. The van der Waals surface area contributed by atoms with Crippen molar-refractivity contribution in [2.45, 2.75) is 26.4 Å². The van der Waals surface area contributed by atoms with Gasteiger partial charge in [0.15, 0.2) is 0 Å². The van der Waals surface area contributed by atoms with Gasteiger partial charge in [-0.15, -0.1) is 0 Å². The van der Waals surface area contributed by atoms with Crippen LogP contribution in [0.3, 0.4) is 0 Å². The summed E-state index contributed by atoms with van der Waals surface area (Å²) >= 11 is 0. The maximum Gasteiger partial charge on any atom is 2.00 e. The molecule has 0 N–H and O–H groups in total. The zero-order chi connectivity index (χ0) is 5.21. The number of hydrogen-bond donors (Lipinski definition) is 0. The summed E-state index contributed by atoms with van der Waals surface area (Å²) in [4.78, 5) is 0. The summed E-state index contributed by atoms with van der Waals surface area (Å²) in [7, 11) is 1.71. The van der Waals surface area contributed by atoms with Crippen LogP contribution in [0.4, 0.5) is 0 Å². The first-order chi connectivity index (χ1) is 2.56. The van der Waals surface area contributed by atoms with E-state index < -0.39 is 0 Å². The molecule has 0 aromatic heterocycles. The van der Waals surface area contributed by atoms with E-state index in [4.69, 9.17) is 4.74 Å². The summed E-state index contributed by atoms with van der Waals surface area (Å²) in [6.07, 6.45) is 0. The summed E-state index contributed by atoms with van der Waals surface area (Å²) < 4.78 is 4.94. The monoisotopic (exact) mass is 114 g/mol. The van der Waals surface area contributed by atoms with Crippen molar-refractivity contribution in [1.82, 2.24) is 0 Å². The van der Waals surface area contributed by atoms with E-state index >= 15 is 0 Å². The van der Waals surface area contributed by atoms with Crippen LogP contribution in [0.2, 0.25) is 0 Å². The summed E-state index contributed by atoms with van der Waals surface area (Å²) in [5.41, 5.74) is 0.0417. The normalized spacial score (nSPS) is 10.3. The first-order valence-electron chi connectivity index (χ1n) is 2.11. The van der Waals surface area contributed by atoms with Gasteiger partial charge < -0.3 is 7.59 Å².